The van der Waals surface area contributed by atoms with Crippen LogP contribution in [0.2, 0.25) is 0 Å². The number of ketones is 1. The van der Waals surface area contributed by atoms with Crippen molar-refractivity contribution in [3.63, 3.8) is 0 Å². The van der Waals surface area contributed by atoms with Crippen molar-refractivity contribution in [2.75, 3.05) is 0 Å². The SMILES string of the molecule is C=C1C(=O)O[C@H]2[C@H]1[C@H](OC(=O)CC(C)C)C[C@@]1(C)OC(=CC1=O)C(=C)[C@H]2O. The van der Waals surface area contributed by atoms with Gasteiger partial charge in [-0.25, -0.2) is 4.79 Å². The summed E-state index contributed by atoms with van der Waals surface area (Å²) in [7, 11) is 0. The van der Waals surface area contributed by atoms with Crippen molar-refractivity contribution < 1.29 is 33.7 Å². The van der Waals surface area contributed by atoms with Crippen LogP contribution in [0.4, 0.5) is 0 Å². The van der Waals surface area contributed by atoms with Crippen LogP contribution in [0.1, 0.15) is 33.6 Å². The van der Waals surface area contributed by atoms with Gasteiger partial charge in [-0.2, -0.15) is 0 Å². The predicted molar refractivity (Wildman–Crippen MR) is 94.2 cm³/mol. The Morgan fingerprint density at radius 2 is 2.04 bits per heavy atom. The molecule has 0 aromatic heterocycles. The number of carbonyl (C=O) groups excluding carboxylic acids is 3. The lowest BCUT2D eigenvalue weighted by atomic mass is 9.80. The van der Waals surface area contributed by atoms with Crippen LogP contribution in [0.5, 0.6) is 0 Å². The van der Waals surface area contributed by atoms with Gasteiger partial charge in [-0.3, -0.25) is 9.59 Å². The summed E-state index contributed by atoms with van der Waals surface area (Å²) in [5, 5.41) is 10.7. The first kappa shape index (κ1) is 19.4. The molecule has 0 amide bonds. The van der Waals surface area contributed by atoms with Gasteiger partial charge in [0.15, 0.2) is 5.60 Å². The van der Waals surface area contributed by atoms with Gasteiger partial charge in [0.05, 0.1) is 5.92 Å². The van der Waals surface area contributed by atoms with Gasteiger partial charge in [0.1, 0.15) is 24.1 Å². The van der Waals surface area contributed by atoms with Gasteiger partial charge in [0.25, 0.3) is 0 Å². The average Bonchev–Trinajstić information content (AvgIpc) is 3.02. The van der Waals surface area contributed by atoms with E-state index in [1.165, 1.54) is 6.08 Å². The van der Waals surface area contributed by atoms with Gasteiger partial charge in [-0.15, -0.1) is 0 Å². The van der Waals surface area contributed by atoms with Gasteiger partial charge >= 0.3 is 11.9 Å². The van der Waals surface area contributed by atoms with E-state index < -0.39 is 41.8 Å². The van der Waals surface area contributed by atoms with Crippen LogP contribution in [-0.2, 0) is 28.6 Å². The molecule has 0 aromatic carbocycles. The summed E-state index contributed by atoms with van der Waals surface area (Å²) in [4.78, 5) is 37.0. The molecule has 0 aromatic rings. The third kappa shape index (κ3) is 3.32. The Morgan fingerprint density at radius 3 is 2.67 bits per heavy atom. The first-order valence-corrected chi connectivity index (χ1v) is 8.95. The van der Waals surface area contributed by atoms with E-state index in [-0.39, 0.29) is 41.4 Å². The zero-order chi connectivity index (χ0) is 20.1. The fraction of sp³-hybridized carbons (Fsp3) is 0.550. The molecule has 3 heterocycles. The Labute approximate surface area is 157 Å². The fourth-order valence-corrected chi connectivity index (χ4v) is 3.72. The number of hydrogen-bond donors (Lipinski definition) is 1. The van der Waals surface area contributed by atoms with Gasteiger partial charge in [0, 0.05) is 30.1 Å². The maximum Gasteiger partial charge on any atom is 0.334 e. The third-order valence-corrected chi connectivity index (χ3v) is 5.21. The maximum atomic E-state index is 12.5. The molecule has 0 saturated carbocycles. The topological polar surface area (TPSA) is 99.1 Å². The second-order valence-electron chi connectivity index (χ2n) is 7.93. The molecule has 3 rings (SSSR count). The van der Waals surface area contributed by atoms with Crippen molar-refractivity contribution in [1.29, 1.82) is 0 Å². The predicted octanol–water partition coefficient (Wildman–Crippen LogP) is 1.60. The normalized spacial score (nSPS) is 35.7. The van der Waals surface area contributed by atoms with Crippen molar-refractivity contribution in [1.82, 2.24) is 0 Å². The second-order valence-corrected chi connectivity index (χ2v) is 7.93. The minimum absolute atomic E-state index is 0.00644. The van der Waals surface area contributed by atoms with Gasteiger partial charge < -0.3 is 19.3 Å². The maximum absolute atomic E-state index is 12.5. The zero-order valence-electron chi connectivity index (χ0n) is 15.7. The Balaban J connectivity index is 2.02. The van der Waals surface area contributed by atoms with Crippen LogP contribution in [-0.4, -0.2) is 46.7 Å². The molecule has 2 bridgehead atoms. The number of esters is 2. The van der Waals surface area contributed by atoms with Crippen LogP contribution >= 0.6 is 0 Å². The largest absolute Gasteiger partial charge is 0.479 e. The minimum atomic E-state index is -1.32. The summed E-state index contributed by atoms with van der Waals surface area (Å²) >= 11 is 0. The van der Waals surface area contributed by atoms with Crippen molar-refractivity contribution in [2.45, 2.75) is 57.5 Å². The zero-order valence-corrected chi connectivity index (χ0v) is 15.7. The molecule has 3 aliphatic rings. The Kier molecular flexibility index (Phi) is 4.76. The lowest BCUT2D eigenvalue weighted by Crippen LogP contribution is -2.45. The molecule has 5 atom stereocenters. The van der Waals surface area contributed by atoms with E-state index in [2.05, 4.69) is 13.2 Å². The third-order valence-electron chi connectivity index (χ3n) is 5.21. The summed E-state index contributed by atoms with van der Waals surface area (Å²) in [5.41, 5.74) is -1.06. The van der Waals surface area contributed by atoms with E-state index in [0.29, 0.717) is 0 Å². The Bertz CT molecular complexity index is 762. The van der Waals surface area contributed by atoms with E-state index >= 15 is 0 Å². The van der Waals surface area contributed by atoms with Gasteiger partial charge in [-0.05, 0) is 12.8 Å². The molecular weight excluding hydrogens is 352 g/mol. The number of aliphatic hydroxyl groups is 1. The quantitative estimate of drug-likeness (QED) is 0.590. The molecule has 0 aliphatic carbocycles. The van der Waals surface area contributed by atoms with Crippen molar-refractivity contribution in [3.8, 4) is 0 Å². The summed E-state index contributed by atoms with van der Waals surface area (Å²) in [6.07, 6.45) is -1.79. The number of hydrogen-bond acceptors (Lipinski definition) is 7. The van der Waals surface area contributed by atoms with Crippen molar-refractivity contribution >= 4 is 17.7 Å². The summed E-state index contributed by atoms with van der Waals surface area (Å²) < 4.78 is 16.7. The average molecular weight is 376 g/mol. The minimum Gasteiger partial charge on any atom is -0.479 e. The number of ether oxygens (including phenoxy) is 3. The molecule has 27 heavy (non-hydrogen) atoms. The summed E-state index contributed by atoms with van der Waals surface area (Å²) in [5.74, 6) is -2.01. The van der Waals surface area contributed by atoms with E-state index in [1.54, 1.807) is 6.92 Å². The van der Waals surface area contributed by atoms with Crippen LogP contribution in [0.15, 0.2) is 36.1 Å². The van der Waals surface area contributed by atoms with Crippen LogP contribution < -0.4 is 0 Å². The number of rotatable bonds is 3. The number of fused-ring (bicyclic) bond motifs is 3. The van der Waals surface area contributed by atoms with Gasteiger partial charge in [0.2, 0.25) is 5.78 Å². The molecule has 0 radical (unpaired) electrons. The highest BCUT2D eigenvalue weighted by Gasteiger charge is 2.55. The molecule has 1 N–H and O–H groups in total. The molecule has 7 nitrogen and oxygen atoms in total. The van der Waals surface area contributed by atoms with E-state index in [9.17, 15) is 19.5 Å². The second kappa shape index (κ2) is 6.64. The molecule has 0 unspecified atom stereocenters. The van der Waals surface area contributed by atoms with E-state index in [0.717, 1.165) is 0 Å². The van der Waals surface area contributed by atoms with Crippen molar-refractivity contribution in [3.05, 3.63) is 36.1 Å². The fourth-order valence-electron chi connectivity index (χ4n) is 3.72. The highest BCUT2D eigenvalue weighted by molar-refractivity contribution is 6.00. The first-order chi connectivity index (χ1) is 12.5. The first-order valence-electron chi connectivity index (χ1n) is 8.95. The van der Waals surface area contributed by atoms with Crippen LogP contribution in [0.3, 0.4) is 0 Å². The summed E-state index contributed by atoms with van der Waals surface area (Å²) in [6, 6.07) is 0. The van der Waals surface area contributed by atoms with Crippen LogP contribution in [0.25, 0.3) is 0 Å². The molecule has 2 saturated heterocycles. The van der Waals surface area contributed by atoms with E-state index in [4.69, 9.17) is 14.2 Å². The lowest BCUT2D eigenvalue weighted by Gasteiger charge is -2.32. The smallest absolute Gasteiger partial charge is 0.334 e. The molecule has 2 fully saturated rings. The monoisotopic (exact) mass is 376 g/mol. The Morgan fingerprint density at radius 1 is 1.37 bits per heavy atom. The van der Waals surface area contributed by atoms with E-state index in [1.807, 2.05) is 13.8 Å². The standard InChI is InChI=1S/C20H24O7/c1-9(2)6-15(22)25-13-8-20(5)14(21)7-12(27-20)10(3)17(23)18-16(13)11(4)19(24)26-18/h7,9,13,16-18,23H,3-4,6,8H2,1-2,5H3/t13-,16-,17-,18+,20-/m1/s1. The molecule has 0 spiro atoms. The highest BCUT2D eigenvalue weighted by Crippen LogP contribution is 2.44. The van der Waals surface area contributed by atoms with Crippen molar-refractivity contribution in [2.24, 2.45) is 11.8 Å². The molecule has 146 valence electrons. The number of aliphatic hydroxyl groups excluding tert-OH is 1. The number of carbonyl (C=O) groups is 3. The van der Waals surface area contributed by atoms with Gasteiger partial charge in [-0.1, -0.05) is 27.0 Å². The molecular formula is C20H24O7. The van der Waals surface area contributed by atoms with Crippen LogP contribution in [0, 0.1) is 11.8 Å². The Hall–Kier alpha value is -2.41. The summed E-state index contributed by atoms with van der Waals surface area (Å²) in [6.45, 7) is 12.9. The highest BCUT2D eigenvalue weighted by atomic mass is 16.6. The molecule has 3 aliphatic heterocycles. The lowest BCUT2D eigenvalue weighted by molar-refractivity contribution is -0.160. The molecule has 7 heteroatoms.